The second-order valence-corrected chi connectivity index (χ2v) is 6.30. The van der Waals surface area contributed by atoms with Crippen molar-refractivity contribution in [2.24, 2.45) is 0 Å². The molecule has 0 aromatic rings. The van der Waals surface area contributed by atoms with Crippen molar-refractivity contribution >= 4 is 0 Å². The molecule has 17 heavy (non-hydrogen) atoms. The van der Waals surface area contributed by atoms with Crippen LogP contribution in [0.4, 0.5) is 0 Å². The van der Waals surface area contributed by atoms with Gasteiger partial charge < -0.3 is 4.74 Å². The standard InChI is InChI=1S/C14H26N2O/c1-12(2)13(3,4)15-6-8-16(9-7-15)14(5)10-17-11-14/h1,6-11H2,2-5H3. The van der Waals surface area contributed by atoms with E-state index in [1.54, 1.807) is 0 Å². The minimum atomic E-state index is 0.128. The maximum atomic E-state index is 5.35. The van der Waals surface area contributed by atoms with Crippen LogP contribution in [-0.4, -0.2) is 60.3 Å². The first-order chi connectivity index (χ1) is 7.86. The van der Waals surface area contributed by atoms with Gasteiger partial charge in [-0.2, -0.15) is 0 Å². The first-order valence-corrected chi connectivity index (χ1v) is 6.60. The molecule has 2 saturated heterocycles. The van der Waals surface area contributed by atoms with Gasteiger partial charge in [0.2, 0.25) is 0 Å². The fraction of sp³-hybridized carbons (Fsp3) is 0.857. The Bertz CT molecular complexity index is 299. The minimum Gasteiger partial charge on any atom is -0.377 e. The zero-order valence-corrected chi connectivity index (χ0v) is 11.8. The summed E-state index contributed by atoms with van der Waals surface area (Å²) in [7, 11) is 0. The quantitative estimate of drug-likeness (QED) is 0.697. The lowest BCUT2D eigenvalue weighted by Crippen LogP contribution is -2.66. The van der Waals surface area contributed by atoms with E-state index in [0.29, 0.717) is 5.54 Å². The molecule has 0 N–H and O–H groups in total. The molecule has 0 atom stereocenters. The number of ether oxygens (including phenoxy) is 1. The summed E-state index contributed by atoms with van der Waals surface area (Å²) in [5, 5.41) is 0. The highest BCUT2D eigenvalue weighted by Gasteiger charge is 2.42. The first-order valence-electron chi connectivity index (χ1n) is 6.60. The van der Waals surface area contributed by atoms with Crippen LogP contribution >= 0.6 is 0 Å². The van der Waals surface area contributed by atoms with E-state index in [4.69, 9.17) is 4.74 Å². The third-order valence-electron chi connectivity index (χ3n) is 4.70. The summed E-state index contributed by atoms with van der Waals surface area (Å²) in [5.41, 5.74) is 1.69. The first kappa shape index (κ1) is 13.1. The Kier molecular flexibility index (Phi) is 3.36. The Hall–Kier alpha value is -0.380. The van der Waals surface area contributed by atoms with Gasteiger partial charge in [0.05, 0.1) is 18.8 Å². The lowest BCUT2D eigenvalue weighted by Gasteiger charge is -2.52. The van der Waals surface area contributed by atoms with Gasteiger partial charge in [0.25, 0.3) is 0 Å². The minimum absolute atomic E-state index is 0.128. The molecule has 0 aromatic heterocycles. The van der Waals surface area contributed by atoms with Gasteiger partial charge in [-0.25, -0.2) is 0 Å². The van der Waals surface area contributed by atoms with Crippen molar-refractivity contribution in [1.29, 1.82) is 0 Å². The van der Waals surface area contributed by atoms with E-state index in [9.17, 15) is 0 Å². The summed E-state index contributed by atoms with van der Waals surface area (Å²) in [6.07, 6.45) is 0. The molecule has 0 saturated carbocycles. The summed E-state index contributed by atoms with van der Waals surface area (Å²) in [6.45, 7) is 19.5. The van der Waals surface area contributed by atoms with Gasteiger partial charge in [-0.3, -0.25) is 9.80 Å². The van der Waals surface area contributed by atoms with Crippen LogP contribution in [0.5, 0.6) is 0 Å². The number of hydrogen-bond donors (Lipinski definition) is 0. The molecule has 98 valence electrons. The van der Waals surface area contributed by atoms with Crippen LogP contribution in [0.2, 0.25) is 0 Å². The van der Waals surface area contributed by atoms with E-state index < -0.39 is 0 Å². The van der Waals surface area contributed by atoms with E-state index in [-0.39, 0.29) is 5.54 Å². The summed E-state index contributed by atoms with van der Waals surface area (Å²) >= 11 is 0. The van der Waals surface area contributed by atoms with Gasteiger partial charge in [0.1, 0.15) is 0 Å². The van der Waals surface area contributed by atoms with Crippen LogP contribution < -0.4 is 0 Å². The van der Waals surface area contributed by atoms with Crippen molar-refractivity contribution < 1.29 is 4.74 Å². The van der Waals surface area contributed by atoms with Crippen LogP contribution in [0.25, 0.3) is 0 Å². The monoisotopic (exact) mass is 238 g/mol. The average Bonchev–Trinajstić information content (AvgIpc) is 2.26. The molecule has 0 bridgehead atoms. The topological polar surface area (TPSA) is 15.7 Å². The van der Waals surface area contributed by atoms with Crippen LogP contribution in [0.1, 0.15) is 27.7 Å². The predicted molar refractivity (Wildman–Crippen MR) is 71.3 cm³/mol. The van der Waals surface area contributed by atoms with Crippen LogP contribution in [-0.2, 0) is 4.74 Å². The van der Waals surface area contributed by atoms with E-state index in [2.05, 4.69) is 44.1 Å². The molecule has 0 unspecified atom stereocenters. The molecule has 0 amide bonds. The normalized spacial score (nSPS) is 26.6. The molecule has 2 aliphatic rings. The number of piperazine rings is 1. The number of hydrogen-bond acceptors (Lipinski definition) is 3. The summed E-state index contributed by atoms with van der Waals surface area (Å²) in [4.78, 5) is 5.14. The van der Waals surface area contributed by atoms with Crippen LogP contribution in [0.15, 0.2) is 12.2 Å². The largest absolute Gasteiger partial charge is 0.377 e. The van der Waals surface area contributed by atoms with E-state index in [0.717, 1.165) is 39.4 Å². The van der Waals surface area contributed by atoms with Crippen LogP contribution in [0.3, 0.4) is 0 Å². The van der Waals surface area contributed by atoms with Gasteiger partial charge in [0.15, 0.2) is 0 Å². The maximum Gasteiger partial charge on any atom is 0.0671 e. The molecule has 3 nitrogen and oxygen atoms in total. The van der Waals surface area contributed by atoms with Crippen molar-refractivity contribution in [3.8, 4) is 0 Å². The smallest absolute Gasteiger partial charge is 0.0671 e. The second kappa shape index (κ2) is 4.38. The fourth-order valence-corrected chi connectivity index (χ4v) is 2.66. The maximum absolute atomic E-state index is 5.35. The number of rotatable bonds is 3. The van der Waals surface area contributed by atoms with Gasteiger partial charge in [-0.05, 0) is 27.7 Å². The molecule has 0 radical (unpaired) electrons. The Balaban J connectivity index is 1.92. The third kappa shape index (κ3) is 2.28. The summed E-state index contributed by atoms with van der Waals surface area (Å²) < 4.78 is 5.35. The molecule has 0 aliphatic carbocycles. The third-order valence-corrected chi connectivity index (χ3v) is 4.70. The van der Waals surface area contributed by atoms with Crippen molar-refractivity contribution in [1.82, 2.24) is 9.80 Å². The van der Waals surface area contributed by atoms with E-state index in [1.165, 1.54) is 5.57 Å². The van der Waals surface area contributed by atoms with Crippen molar-refractivity contribution in [3.63, 3.8) is 0 Å². The van der Waals surface area contributed by atoms with Gasteiger partial charge in [-0.15, -0.1) is 0 Å². The highest BCUT2D eigenvalue weighted by Crippen LogP contribution is 2.29. The Morgan fingerprint density at radius 1 is 1.18 bits per heavy atom. The zero-order chi connectivity index (χ0) is 12.7. The molecule has 2 heterocycles. The summed E-state index contributed by atoms with van der Waals surface area (Å²) in [6, 6.07) is 0. The van der Waals surface area contributed by atoms with Gasteiger partial charge in [-0.1, -0.05) is 12.2 Å². The van der Waals surface area contributed by atoms with Crippen molar-refractivity contribution in [2.75, 3.05) is 39.4 Å². The molecule has 2 aliphatic heterocycles. The fourth-order valence-electron chi connectivity index (χ4n) is 2.66. The molecule has 2 fully saturated rings. The Labute approximate surface area is 105 Å². The Morgan fingerprint density at radius 3 is 2.06 bits per heavy atom. The van der Waals surface area contributed by atoms with Crippen molar-refractivity contribution in [3.05, 3.63) is 12.2 Å². The molecule has 0 aromatic carbocycles. The average molecular weight is 238 g/mol. The lowest BCUT2D eigenvalue weighted by atomic mass is 9.92. The molecular weight excluding hydrogens is 212 g/mol. The molecular formula is C14H26N2O. The second-order valence-electron chi connectivity index (χ2n) is 6.30. The van der Waals surface area contributed by atoms with Crippen molar-refractivity contribution in [2.45, 2.75) is 38.8 Å². The molecule has 2 rings (SSSR count). The summed E-state index contributed by atoms with van der Waals surface area (Å²) in [5.74, 6) is 0. The van der Waals surface area contributed by atoms with E-state index in [1.807, 2.05) is 0 Å². The Morgan fingerprint density at radius 2 is 1.71 bits per heavy atom. The SMILES string of the molecule is C=C(C)C(C)(C)N1CCN(C2(C)COC2)CC1. The van der Waals surface area contributed by atoms with E-state index >= 15 is 0 Å². The lowest BCUT2D eigenvalue weighted by molar-refractivity contribution is -0.143. The van der Waals surface area contributed by atoms with Crippen LogP contribution in [0, 0.1) is 0 Å². The molecule has 3 heteroatoms. The van der Waals surface area contributed by atoms with Gasteiger partial charge in [0, 0.05) is 31.7 Å². The highest BCUT2D eigenvalue weighted by molar-refractivity contribution is 5.11. The number of nitrogens with zero attached hydrogens (tertiary/aromatic N) is 2. The molecule has 0 spiro atoms. The zero-order valence-electron chi connectivity index (χ0n) is 11.8. The highest BCUT2D eigenvalue weighted by atomic mass is 16.5. The predicted octanol–water partition coefficient (Wildman–Crippen LogP) is 1.75. The van der Waals surface area contributed by atoms with Gasteiger partial charge >= 0.3 is 0 Å².